The lowest BCUT2D eigenvalue weighted by Crippen LogP contribution is -2.25. The number of nitrogens with zero attached hydrogens (tertiary/aromatic N) is 1. The number of hydrogen-bond acceptors (Lipinski definition) is 4. The van der Waals surface area contributed by atoms with Gasteiger partial charge in [0.1, 0.15) is 5.01 Å². The van der Waals surface area contributed by atoms with Crippen LogP contribution in [-0.4, -0.2) is 11.0 Å². The molecule has 0 atom stereocenters. The minimum Gasteiger partial charge on any atom is -0.325 e. The van der Waals surface area contributed by atoms with Gasteiger partial charge in [0.2, 0.25) is 0 Å². The number of nitrogens with one attached hydrogen (secondary N) is 1. The molecule has 0 amide bonds. The molecule has 0 aromatic carbocycles. The summed E-state index contributed by atoms with van der Waals surface area (Å²) in [5, 5.41) is 6.68. The Balaban J connectivity index is 1.79. The van der Waals surface area contributed by atoms with Gasteiger partial charge in [-0.25, -0.2) is 4.98 Å². The van der Waals surface area contributed by atoms with Crippen LogP contribution in [0, 0.1) is 0 Å². The summed E-state index contributed by atoms with van der Waals surface area (Å²) in [4.78, 5) is 4.42. The molecule has 0 unspecified atom stereocenters. The van der Waals surface area contributed by atoms with E-state index in [0.717, 1.165) is 23.3 Å². The van der Waals surface area contributed by atoms with E-state index in [2.05, 4.69) is 15.7 Å². The summed E-state index contributed by atoms with van der Waals surface area (Å²) in [6, 6.07) is 0.720. The summed E-state index contributed by atoms with van der Waals surface area (Å²) in [5.41, 5.74) is 6.65. The molecule has 78 valence electrons. The summed E-state index contributed by atoms with van der Waals surface area (Å²) in [7, 11) is 0. The first-order valence-electron chi connectivity index (χ1n) is 5.25. The first-order chi connectivity index (χ1) is 6.88. The van der Waals surface area contributed by atoms with Crippen molar-refractivity contribution in [3.8, 4) is 0 Å². The molecule has 1 saturated carbocycles. The highest BCUT2D eigenvalue weighted by Crippen LogP contribution is 2.18. The van der Waals surface area contributed by atoms with E-state index in [-0.39, 0.29) is 0 Å². The van der Waals surface area contributed by atoms with Crippen molar-refractivity contribution in [2.24, 2.45) is 5.73 Å². The molecule has 1 aliphatic carbocycles. The zero-order valence-electron chi connectivity index (χ0n) is 8.33. The van der Waals surface area contributed by atoms with Gasteiger partial charge in [0.05, 0.1) is 5.69 Å². The minimum absolute atomic E-state index is 0.564. The molecular formula is C10H17N3S. The Kier molecular flexibility index (Phi) is 3.50. The third-order valence-electron chi connectivity index (χ3n) is 2.70. The topological polar surface area (TPSA) is 50.9 Å². The van der Waals surface area contributed by atoms with E-state index < -0.39 is 0 Å². The Hall–Kier alpha value is -0.450. The Bertz CT molecular complexity index is 279. The number of thiazole rings is 1. The summed E-state index contributed by atoms with van der Waals surface area (Å²) in [6.45, 7) is 1.47. The average molecular weight is 211 g/mol. The monoisotopic (exact) mass is 211 g/mol. The minimum atomic E-state index is 0.564. The predicted molar refractivity (Wildman–Crippen MR) is 59.1 cm³/mol. The van der Waals surface area contributed by atoms with Crippen molar-refractivity contribution in [2.45, 2.75) is 44.8 Å². The maximum atomic E-state index is 5.51. The molecule has 0 aliphatic heterocycles. The Morgan fingerprint density at radius 1 is 1.50 bits per heavy atom. The lowest BCUT2D eigenvalue weighted by molar-refractivity contribution is 0.520. The van der Waals surface area contributed by atoms with Crippen LogP contribution in [0.25, 0.3) is 0 Å². The summed E-state index contributed by atoms with van der Waals surface area (Å²) >= 11 is 1.66. The second-order valence-corrected chi connectivity index (χ2v) is 4.74. The largest absolute Gasteiger partial charge is 0.325 e. The average Bonchev–Trinajstić information content (AvgIpc) is 2.86. The molecule has 3 nitrogen and oxygen atoms in total. The van der Waals surface area contributed by atoms with Gasteiger partial charge in [-0.2, -0.15) is 0 Å². The van der Waals surface area contributed by atoms with Gasteiger partial charge >= 0.3 is 0 Å². The van der Waals surface area contributed by atoms with E-state index in [0.29, 0.717) is 6.54 Å². The molecule has 1 heterocycles. The standard InChI is InChI=1S/C10H17N3S/c11-5-10-13-9(7-14-10)6-12-8-3-1-2-4-8/h7-8,12H,1-6,11H2. The van der Waals surface area contributed by atoms with E-state index in [1.165, 1.54) is 25.7 Å². The molecule has 1 aromatic rings. The first-order valence-corrected chi connectivity index (χ1v) is 6.13. The summed E-state index contributed by atoms with van der Waals surface area (Å²) in [6.07, 6.45) is 5.41. The Labute approximate surface area is 88.7 Å². The maximum absolute atomic E-state index is 5.51. The lowest BCUT2D eigenvalue weighted by atomic mass is 10.2. The molecule has 3 N–H and O–H groups in total. The van der Waals surface area contributed by atoms with Gasteiger partial charge in [0, 0.05) is 24.5 Å². The van der Waals surface area contributed by atoms with Crippen LogP contribution in [0.4, 0.5) is 0 Å². The van der Waals surface area contributed by atoms with Crippen molar-refractivity contribution in [1.82, 2.24) is 10.3 Å². The third kappa shape index (κ3) is 2.53. The van der Waals surface area contributed by atoms with E-state index in [1.807, 2.05) is 0 Å². The van der Waals surface area contributed by atoms with Gasteiger partial charge in [-0.15, -0.1) is 11.3 Å². The first kappa shape index (κ1) is 10.1. The highest BCUT2D eigenvalue weighted by molar-refractivity contribution is 7.09. The summed E-state index contributed by atoms with van der Waals surface area (Å²) < 4.78 is 0. The van der Waals surface area contributed by atoms with Crippen molar-refractivity contribution in [3.63, 3.8) is 0 Å². The van der Waals surface area contributed by atoms with Gasteiger partial charge in [-0.1, -0.05) is 12.8 Å². The molecule has 0 radical (unpaired) electrons. The number of aromatic nitrogens is 1. The molecule has 0 spiro atoms. The van der Waals surface area contributed by atoms with Gasteiger partial charge < -0.3 is 11.1 Å². The van der Waals surface area contributed by atoms with Gasteiger partial charge in [-0.05, 0) is 12.8 Å². The van der Waals surface area contributed by atoms with Crippen LogP contribution >= 0.6 is 11.3 Å². The molecule has 1 aromatic heterocycles. The number of nitrogens with two attached hydrogens (primary N) is 1. The van der Waals surface area contributed by atoms with E-state index in [9.17, 15) is 0 Å². The molecule has 14 heavy (non-hydrogen) atoms. The van der Waals surface area contributed by atoms with Crippen LogP contribution in [0.5, 0.6) is 0 Å². The van der Waals surface area contributed by atoms with Crippen LogP contribution in [0.3, 0.4) is 0 Å². The maximum Gasteiger partial charge on any atom is 0.106 e. The number of rotatable bonds is 4. The quantitative estimate of drug-likeness (QED) is 0.796. The fourth-order valence-corrected chi connectivity index (χ4v) is 2.58. The molecule has 0 bridgehead atoms. The molecule has 1 fully saturated rings. The van der Waals surface area contributed by atoms with E-state index >= 15 is 0 Å². The van der Waals surface area contributed by atoms with Gasteiger partial charge in [-0.3, -0.25) is 0 Å². The fraction of sp³-hybridized carbons (Fsp3) is 0.700. The van der Waals surface area contributed by atoms with Crippen molar-refractivity contribution < 1.29 is 0 Å². The van der Waals surface area contributed by atoms with Crippen LogP contribution in [-0.2, 0) is 13.1 Å². The van der Waals surface area contributed by atoms with Crippen molar-refractivity contribution in [3.05, 3.63) is 16.1 Å². The smallest absolute Gasteiger partial charge is 0.106 e. The van der Waals surface area contributed by atoms with Crippen molar-refractivity contribution >= 4 is 11.3 Å². The van der Waals surface area contributed by atoms with Gasteiger partial charge in [0.15, 0.2) is 0 Å². The van der Waals surface area contributed by atoms with E-state index in [4.69, 9.17) is 5.73 Å². The van der Waals surface area contributed by atoms with Crippen LogP contribution in [0.2, 0.25) is 0 Å². The zero-order chi connectivity index (χ0) is 9.80. The van der Waals surface area contributed by atoms with Crippen LogP contribution in [0.1, 0.15) is 36.4 Å². The highest BCUT2D eigenvalue weighted by atomic mass is 32.1. The Morgan fingerprint density at radius 3 is 2.93 bits per heavy atom. The van der Waals surface area contributed by atoms with Crippen molar-refractivity contribution in [2.75, 3.05) is 0 Å². The second-order valence-electron chi connectivity index (χ2n) is 3.80. The van der Waals surface area contributed by atoms with E-state index in [1.54, 1.807) is 11.3 Å². The molecule has 0 saturated heterocycles. The second kappa shape index (κ2) is 4.87. The Morgan fingerprint density at radius 2 is 2.29 bits per heavy atom. The summed E-state index contributed by atoms with van der Waals surface area (Å²) in [5.74, 6) is 0. The van der Waals surface area contributed by atoms with Gasteiger partial charge in [0.25, 0.3) is 0 Å². The molecular weight excluding hydrogens is 194 g/mol. The lowest BCUT2D eigenvalue weighted by Gasteiger charge is -2.09. The van der Waals surface area contributed by atoms with Crippen LogP contribution < -0.4 is 11.1 Å². The molecule has 4 heteroatoms. The molecule has 2 rings (SSSR count). The zero-order valence-corrected chi connectivity index (χ0v) is 9.15. The third-order valence-corrected chi connectivity index (χ3v) is 3.62. The predicted octanol–water partition coefficient (Wildman–Crippen LogP) is 1.63. The van der Waals surface area contributed by atoms with Crippen LogP contribution in [0.15, 0.2) is 5.38 Å². The normalized spacial score (nSPS) is 17.8. The number of hydrogen-bond donors (Lipinski definition) is 2. The SMILES string of the molecule is NCc1nc(CNC2CCCC2)cs1. The van der Waals surface area contributed by atoms with Crippen molar-refractivity contribution in [1.29, 1.82) is 0 Å². The fourth-order valence-electron chi connectivity index (χ4n) is 1.90. The highest BCUT2D eigenvalue weighted by Gasteiger charge is 2.14. The molecule has 1 aliphatic rings.